The van der Waals surface area contributed by atoms with Gasteiger partial charge in [-0.2, -0.15) is 5.10 Å². The number of aromatic nitrogens is 2. The molecule has 244 valence electrons. The highest BCUT2D eigenvalue weighted by atomic mass is 16.3. The van der Waals surface area contributed by atoms with E-state index in [0.29, 0.717) is 34.9 Å². The number of hydrogen-bond acceptors (Lipinski definition) is 7. The second kappa shape index (κ2) is 13.9. The van der Waals surface area contributed by atoms with Gasteiger partial charge in [0.1, 0.15) is 6.23 Å². The molecule has 2 atom stereocenters. The van der Waals surface area contributed by atoms with Crippen molar-refractivity contribution in [2.75, 3.05) is 36.6 Å². The molecule has 47 heavy (non-hydrogen) atoms. The summed E-state index contributed by atoms with van der Waals surface area (Å²) in [5, 5.41) is 28.8. The number of aliphatic hydroxyl groups is 1. The van der Waals surface area contributed by atoms with Gasteiger partial charge in [0.25, 0.3) is 11.8 Å². The lowest BCUT2D eigenvalue weighted by Gasteiger charge is -2.34. The molecule has 5 rings (SSSR count). The van der Waals surface area contributed by atoms with Crippen LogP contribution < -0.4 is 21.3 Å². The van der Waals surface area contributed by atoms with Crippen molar-refractivity contribution in [2.45, 2.75) is 38.2 Å². The van der Waals surface area contributed by atoms with Crippen molar-refractivity contribution in [3.63, 3.8) is 0 Å². The number of nitrogens with zero attached hydrogens (tertiary/aromatic N) is 3. The topological polar surface area (TPSA) is 155 Å². The van der Waals surface area contributed by atoms with Crippen molar-refractivity contribution in [3.8, 4) is 0 Å². The van der Waals surface area contributed by atoms with E-state index in [2.05, 4.69) is 38.0 Å². The number of carbonyl (C=O) groups excluding carboxylic acids is 3. The Morgan fingerprint density at radius 3 is 2.36 bits per heavy atom. The number of amides is 4. The second-order valence-electron chi connectivity index (χ2n) is 12.1. The molecule has 0 fully saturated rings. The summed E-state index contributed by atoms with van der Waals surface area (Å²) in [6, 6.07) is 22.6. The van der Waals surface area contributed by atoms with Gasteiger partial charge in [0, 0.05) is 34.6 Å². The quantitative estimate of drug-likeness (QED) is 0.101. The Kier molecular flexibility index (Phi) is 9.73. The fourth-order valence-corrected chi connectivity index (χ4v) is 5.53. The van der Waals surface area contributed by atoms with Crippen LogP contribution in [0.25, 0.3) is 0 Å². The predicted molar refractivity (Wildman–Crippen MR) is 182 cm³/mol. The van der Waals surface area contributed by atoms with E-state index in [1.54, 1.807) is 53.4 Å². The van der Waals surface area contributed by atoms with Crippen molar-refractivity contribution in [3.05, 3.63) is 119 Å². The molecule has 3 aromatic carbocycles. The van der Waals surface area contributed by atoms with Crippen molar-refractivity contribution >= 4 is 35.0 Å². The molecule has 0 spiro atoms. The van der Waals surface area contributed by atoms with Gasteiger partial charge in [-0.05, 0) is 82.0 Å². The van der Waals surface area contributed by atoms with Crippen LogP contribution in [0.4, 0.5) is 22.0 Å². The lowest BCUT2D eigenvalue weighted by atomic mass is 10.0. The molecule has 0 aliphatic carbocycles. The minimum atomic E-state index is -0.901. The molecular weight excluding hydrogens is 596 g/mol. The summed E-state index contributed by atoms with van der Waals surface area (Å²) in [5.41, 5.74) is 3.56. The van der Waals surface area contributed by atoms with E-state index >= 15 is 0 Å². The SMILES string of the molecule is C=CC(O)Nc1ccc(C(=O)Nc2cccc(C(=O)Nc3n[nH]c4c3CN(C(=O)N[C@H](CN(C)C)c3ccccc3)C4(C)C)c2)cc1. The molecule has 12 nitrogen and oxygen atoms in total. The van der Waals surface area contributed by atoms with Gasteiger partial charge in [0.2, 0.25) is 0 Å². The number of anilines is 3. The van der Waals surface area contributed by atoms with Crippen LogP contribution in [0.1, 0.15) is 57.4 Å². The summed E-state index contributed by atoms with van der Waals surface area (Å²) in [4.78, 5) is 43.6. The van der Waals surface area contributed by atoms with E-state index in [0.717, 1.165) is 16.8 Å². The highest BCUT2D eigenvalue weighted by Crippen LogP contribution is 2.40. The van der Waals surface area contributed by atoms with Gasteiger partial charge in [0.15, 0.2) is 5.82 Å². The van der Waals surface area contributed by atoms with E-state index in [-0.39, 0.29) is 24.5 Å². The summed E-state index contributed by atoms with van der Waals surface area (Å²) in [6.07, 6.45) is 0.453. The Bertz CT molecular complexity index is 1750. The number of fused-ring (bicyclic) bond motifs is 1. The lowest BCUT2D eigenvalue weighted by molar-refractivity contribution is 0.101. The molecule has 0 saturated heterocycles. The molecule has 1 aliphatic heterocycles. The van der Waals surface area contributed by atoms with E-state index in [4.69, 9.17) is 0 Å². The highest BCUT2D eigenvalue weighted by molar-refractivity contribution is 6.07. The number of nitrogens with one attached hydrogen (secondary N) is 5. The summed E-state index contributed by atoms with van der Waals surface area (Å²) >= 11 is 0. The van der Waals surface area contributed by atoms with Crippen molar-refractivity contribution in [1.82, 2.24) is 25.3 Å². The maximum atomic E-state index is 13.7. The molecule has 2 heterocycles. The van der Waals surface area contributed by atoms with Gasteiger partial charge in [-0.3, -0.25) is 14.7 Å². The number of carbonyl (C=O) groups is 3. The Morgan fingerprint density at radius 1 is 0.979 bits per heavy atom. The van der Waals surface area contributed by atoms with Gasteiger partial charge in [-0.15, -0.1) is 0 Å². The van der Waals surface area contributed by atoms with Crippen LogP contribution in [0, 0.1) is 0 Å². The summed E-state index contributed by atoms with van der Waals surface area (Å²) in [5.74, 6) is -0.433. The largest absolute Gasteiger partial charge is 0.370 e. The number of urea groups is 1. The number of likely N-dealkylation sites (N-methyl/N-ethyl adjacent to an activating group) is 1. The normalized spacial score (nSPS) is 14.6. The molecule has 4 aromatic rings. The number of hydrogen-bond donors (Lipinski definition) is 6. The molecule has 6 N–H and O–H groups in total. The second-order valence-corrected chi connectivity index (χ2v) is 12.1. The Balaban J connectivity index is 1.25. The Morgan fingerprint density at radius 2 is 1.68 bits per heavy atom. The van der Waals surface area contributed by atoms with Crippen LogP contribution in [0.2, 0.25) is 0 Å². The van der Waals surface area contributed by atoms with E-state index in [9.17, 15) is 19.5 Å². The number of aromatic amines is 1. The summed E-state index contributed by atoms with van der Waals surface area (Å²) in [7, 11) is 3.93. The van der Waals surface area contributed by atoms with Crippen LogP contribution in [-0.2, 0) is 12.1 Å². The Hall–Kier alpha value is -5.46. The Labute approximate surface area is 273 Å². The summed E-state index contributed by atoms with van der Waals surface area (Å²) < 4.78 is 0. The van der Waals surface area contributed by atoms with E-state index < -0.39 is 17.7 Å². The number of benzene rings is 3. The van der Waals surface area contributed by atoms with Crippen LogP contribution in [0.5, 0.6) is 0 Å². The minimum Gasteiger partial charge on any atom is -0.370 e. The first-order valence-corrected chi connectivity index (χ1v) is 15.2. The third-order valence-corrected chi connectivity index (χ3v) is 8.06. The fourth-order valence-electron chi connectivity index (χ4n) is 5.53. The number of aliphatic hydroxyl groups excluding tert-OH is 1. The fraction of sp³-hybridized carbons (Fsp3) is 0.257. The summed E-state index contributed by atoms with van der Waals surface area (Å²) in [6.45, 7) is 8.27. The first kappa shape index (κ1) is 32.9. The molecule has 4 amide bonds. The standard InChI is InChI=1S/C35H40N8O4/c1-6-29(44)36-25-17-15-23(16-18-25)32(45)37-26-14-10-13-24(19-26)33(46)39-31-27-20-43(35(2,3)30(27)40-41-31)34(47)38-28(21-42(4)5)22-11-8-7-9-12-22/h6-19,28-29,36,44H,1,20-21H2,2-5H3,(H,37,45)(H,38,47)(H2,39,40,41,46)/t28-,29?/m1/s1. The zero-order chi connectivity index (χ0) is 33.7. The van der Waals surface area contributed by atoms with Gasteiger partial charge in [-0.25, -0.2) is 4.79 Å². The van der Waals surface area contributed by atoms with Gasteiger partial charge in [-0.1, -0.05) is 43.0 Å². The van der Waals surface area contributed by atoms with Gasteiger partial charge < -0.3 is 36.2 Å². The molecule has 1 aliphatic rings. The zero-order valence-electron chi connectivity index (χ0n) is 26.9. The first-order valence-electron chi connectivity index (χ1n) is 15.2. The number of H-pyrrole nitrogens is 1. The maximum Gasteiger partial charge on any atom is 0.319 e. The van der Waals surface area contributed by atoms with Crippen molar-refractivity contribution in [1.29, 1.82) is 0 Å². The molecule has 1 unspecified atom stereocenters. The van der Waals surface area contributed by atoms with Gasteiger partial charge >= 0.3 is 6.03 Å². The molecule has 0 bridgehead atoms. The third kappa shape index (κ3) is 7.51. The number of rotatable bonds is 11. The van der Waals surface area contributed by atoms with Crippen molar-refractivity contribution in [2.24, 2.45) is 0 Å². The zero-order valence-corrected chi connectivity index (χ0v) is 26.9. The first-order chi connectivity index (χ1) is 22.5. The van der Waals surface area contributed by atoms with Crippen LogP contribution in [-0.4, -0.2) is 69.8 Å². The average molecular weight is 637 g/mol. The molecule has 0 radical (unpaired) electrons. The lowest BCUT2D eigenvalue weighted by Crippen LogP contribution is -2.48. The molecule has 12 heteroatoms. The third-order valence-electron chi connectivity index (χ3n) is 8.06. The molecule has 0 saturated carbocycles. The van der Waals surface area contributed by atoms with E-state index in [1.165, 1.54) is 6.08 Å². The smallest absolute Gasteiger partial charge is 0.319 e. The maximum absolute atomic E-state index is 13.7. The molecule has 1 aromatic heterocycles. The van der Waals surface area contributed by atoms with Gasteiger partial charge in [0.05, 0.1) is 23.8 Å². The van der Waals surface area contributed by atoms with Crippen LogP contribution in [0.3, 0.4) is 0 Å². The van der Waals surface area contributed by atoms with E-state index in [1.807, 2.05) is 63.2 Å². The van der Waals surface area contributed by atoms with Crippen molar-refractivity contribution < 1.29 is 19.5 Å². The molecular formula is C35H40N8O4. The highest BCUT2D eigenvalue weighted by Gasteiger charge is 2.44. The monoisotopic (exact) mass is 636 g/mol. The average Bonchev–Trinajstić information content (AvgIpc) is 3.58. The van der Waals surface area contributed by atoms with Crippen LogP contribution in [0.15, 0.2) is 91.5 Å². The predicted octanol–water partition coefficient (Wildman–Crippen LogP) is 4.89. The minimum absolute atomic E-state index is 0.216. The van der Waals surface area contributed by atoms with Crippen LogP contribution >= 0.6 is 0 Å².